The molecule has 1 aliphatic heterocycles. The minimum absolute atomic E-state index is 0.0870. The fraction of sp³-hybridized carbons (Fsp3) is 0.548. The summed E-state index contributed by atoms with van der Waals surface area (Å²) in [7, 11) is 0. The third-order valence-electron chi connectivity index (χ3n) is 11.2. The van der Waals surface area contributed by atoms with Gasteiger partial charge in [-0.25, -0.2) is 9.97 Å². The number of hydrogen-bond donors (Lipinski definition) is 2. The Morgan fingerprint density at radius 1 is 0.922 bits per heavy atom. The third kappa shape index (κ3) is 9.15. The van der Waals surface area contributed by atoms with E-state index in [1.54, 1.807) is 6.07 Å². The third-order valence-corrected chi connectivity index (χ3v) is 12.7. The molecular weight excluding hydrogens is 657 g/mol. The van der Waals surface area contributed by atoms with Gasteiger partial charge in [0.15, 0.2) is 5.82 Å². The Balaban J connectivity index is 1.07. The molecule has 3 aliphatic rings. The first-order valence-corrected chi connectivity index (χ1v) is 19.7. The second kappa shape index (κ2) is 15.8. The number of carbonyl (C=O) groups is 3. The lowest BCUT2D eigenvalue weighted by molar-refractivity contribution is -0.153. The fourth-order valence-corrected chi connectivity index (χ4v) is 9.07. The van der Waals surface area contributed by atoms with Gasteiger partial charge in [-0.2, -0.15) is 0 Å². The van der Waals surface area contributed by atoms with Crippen LogP contribution >= 0.6 is 11.3 Å². The molecule has 9 heteroatoms. The van der Waals surface area contributed by atoms with Crippen molar-refractivity contribution in [3.05, 3.63) is 75.7 Å². The van der Waals surface area contributed by atoms with Gasteiger partial charge in [0.2, 0.25) is 5.91 Å². The number of carboxylic acid groups (broad SMARTS) is 1. The van der Waals surface area contributed by atoms with Crippen molar-refractivity contribution < 1.29 is 19.5 Å². The SMILES string of the molecule is CC(C)CC1CCC(C2CC=C(c3cnc(-c4ccc(C[C@H](NC(=O)c5ccc(C(C)(C)C)s5)C(=O)N5CC(C(=O)O)C5)cc4)nc3)CC2)CC1. The Hall–Kier alpha value is -3.85. The number of allylic oxidation sites excluding steroid dienone is 2. The number of benzene rings is 1. The van der Waals surface area contributed by atoms with Gasteiger partial charge < -0.3 is 15.3 Å². The summed E-state index contributed by atoms with van der Waals surface area (Å²) in [4.78, 5) is 50.8. The van der Waals surface area contributed by atoms with Crippen molar-refractivity contribution in [1.82, 2.24) is 20.2 Å². The van der Waals surface area contributed by atoms with Crippen molar-refractivity contribution in [2.75, 3.05) is 13.1 Å². The molecule has 3 heterocycles. The van der Waals surface area contributed by atoms with Crippen molar-refractivity contribution in [1.29, 1.82) is 0 Å². The van der Waals surface area contributed by atoms with Crippen LogP contribution in [0.1, 0.15) is 112 Å². The largest absolute Gasteiger partial charge is 0.481 e. The van der Waals surface area contributed by atoms with Gasteiger partial charge in [0.05, 0.1) is 10.8 Å². The van der Waals surface area contributed by atoms with Crippen LogP contribution in [0, 0.1) is 29.6 Å². The van der Waals surface area contributed by atoms with E-state index in [0.717, 1.165) is 58.1 Å². The second-order valence-electron chi connectivity index (χ2n) is 16.6. The number of aromatic nitrogens is 2. The number of nitrogens with zero attached hydrogens (tertiary/aromatic N) is 3. The van der Waals surface area contributed by atoms with E-state index in [1.165, 1.54) is 60.3 Å². The summed E-state index contributed by atoms with van der Waals surface area (Å²) in [5.41, 5.74) is 4.12. The zero-order valence-corrected chi connectivity index (χ0v) is 31.7. The van der Waals surface area contributed by atoms with E-state index in [1.807, 2.05) is 42.7 Å². The molecule has 272 valence electrons. The van der Waals surface area contributed by atoms with Crippen LogP contribution in [-0.4, -0.2) is 56.9 Å². The lowest BCUT2D eigenvalue weighted by Crippen LogP contribution is -2.59. The molecular formula is C42H54N4O4S. The van der Waals surface area contributed by atoms with Gasteiger partial charge in [-0.05, 0) is 90.9 Å². The molecule has 2 fully saturated rings. The molecule has 0 spiro atoms. The number of nitrogens with one attached hydrogen (secondary N) is 1. The fourth-order valence-electron chi connectivity index (χ4n) is 8.10. The number of thiophene rings is 1. The maximum atomic E-state index is 13.5. The van der Waals surface area contributed by atoms with E-state index in [0.29, 0.717) is 10.7 Å². The van der Waals surface area contributed by atoms with E-state index in [4.69, 9.17) is 9.97 Å². The second-order valence-corrected chi connectivity index (χ2v) is 17.7. The van der Waals surface area contributed by atoms with Crippen LogP contribution in [0.15, 0.2) is 54.9 Å². The Bertz CT molecular complexity index is 1710. The smallest absolute Gasteiger partial charge is 0.310 e. The monoisotopic (exact) mass is 710 g/mol. The maximum Gasteiger partial charge on any atom is 0.310 e. The van der Waals surface area contributed by atoms with E-state index < -0.39 is 17.9 Å². The molecule has 1 unspecified atom stereocenters. The molecule has 2 aliphatic carbocycles. The van der Waals surface area contributed by atoms with Crippen LogP contribution in [0.3, 0.4) is 0 Å². The Kier molecular flexibility index (Phi) is 11.4. The molecule has 1 saturated heterocycles. The zero-order chi connectivity index (χ0) is 36.3. The van der Waals surface area contributed by atoms with Crippen molar-refractivity contribution in [3.8, 4) is 11.4 Å². The predicted octanol–water partition coefficient (Wildman–Crippen LogP) is 8.42. The normalized spacial score (nSPS) is 21.9. The van der Waals surface area contributed by atoms with Crippen LogP contribution in [0.2, 0.25) is 0 Å². The highest BCUT2D eigenvalue weighted by Crippen LogP contribution is 2.42. The summed E-state index contributed by atoms with van der Waals surface area (Å²) in [6.07, 6.45) is 17.1. The van der Waals surface area contributed by atoms with Crippen LogP contribution < -0.4 is 5.32 Å². The first-order chi connectivity index (χ1) is 24.3. The summed E-state index contributed by atoms with van der Waals surface area (Å²) >= 11 is 1.42. The number of aliphatic carboxylic acids is 1. The summed E-state index contributed by atoms with van der Waals surface area (Å²) in [6.45, 7) is 11.3. The molecule has 3 aromatic rings. The summed E-state index contributed by atoms with van der Waals surface area (Å²) in [6, 6.07) is 10.7. The molecule has 1 saturated carbocycles. The highest BCUT2D eigenvalue weighted by atomic mass is 32.1. The minimum atomic E-state index is -0.910. The van der Waals surface area contributed by atoms with Gasteiger partial charge in [-0.15, -0.1) is 11.3 Å². The Labute approximate surface area is 307 Å². The van der Waals surface area contributed by atoms with Crippen molar-refractivity contribution in [3.63, 3.8) is 0 Å². The molecule has 6 rings (SSSR count). The van der Waals surface area contributed by atoms with E-state index >= 15 is 0 Å². The number of likely N-dealkylation sites (tertiary alicyclic amines) is 1. The first-order valence-electron chi connectivity index (χ1n) is 18.9. The van der Waals surface area contributed by atoms with Gasteiger partial charge >= 0.3 is 5.97 Å². The van der Waals surface area contributed by atoms with Gasteiger partial charge in [-0.1, -0.05) is 77.8 Å². The average Bonchev–Trinajstić information content (AvgIpc) is 3.60. The van der Waals surface area contributed by atoms with Crippen LogP contribution in [0.25, 0.3) is 17.0 Å². The lowest BCUT2D eigenvalue weighted by atomic mass is 9.70. The topological polar surface area (TPSA) is 112 Å². The summed E-state index contributed by atoms with van der Waals surface area (Å²) in [5.74, 6) is 2.01. The van der Waals surface area contributed by atoms with Gasteiger partial charge in [0.25, 0.3) is 5.91 Å². The highest BCUT2D eigenvalue weighted by molar-refractivity contribution is 7.14. The quantitative estimate of drug-likeness (QED) is 0.207. The van der Waals surface area contributed by atoms with Gasteiger partial charge in [0.1, 0.15) is 6.04 Å². The molecule has 0 bridgehead atoms. The van der Waals surface area contributed by atoms with Gasteiger partial charge in [0, 0.05) is 47.9 Å². The Morgan fingerprint density at radius 3 is 2.18 bits per heavy atom. The van der Waals surface area contributed by atoms with E-state index in [9.17, 15) is 19.5 Å². The van der Waals surface area contributed by atoms with Crippen LogP contribution in [0.4, 0.5) is 0 Å². The number of carboxylic acids is 1. The molecule has 2 N–H and O–H groups in total. The van der Waals surface area contributed by atoms with Crippen LogP contribution in [-0.2, 0) is 21.4 Å². The number of hydrogen-bond acceptors (Lipinski definition) is 6. The molecule has 1 aromatic carbocycles. The number of amides is 2. The summed E-state index contributed by atoms with van der Waals surface area (Å²) < 4.78 is 0. The molecule has 8 nitrogen and oxygen atoms in total. The van der Waals surface area contributed by atoms with Crippen molar-refractivity contribution >= 4 is 34.7 Å². The molecule has 51 heavy (non-hydrogen) atoms. The van der Waals surface area contributed by atoms with Crippen molar-refractivity contribution in [2.24, 2.45) is 29.6 Å². The average molecular weight is 711 g/mol. The van der Waals surface area contributed by atoms with E-state index in [-0.39, 0.29) is 36.7 Å². The molecule has 2 aromatic heterocycles. The van der Waals surface area contributed by atoms with E-state index in [2.05, 4.69) is 46.0 Å². The predicted molar refractivity (Wildman–Crippen MR) is 203 cm³/mol. The number of carbonyl (C=O) groups excluding carboxylic acids is 2. The zero-order valence-electron chi connectivity index (χ0n) is 30.9. The minimum Gasteiger partial charge on any atom is -0.481 e. The lowest BCUT2D eigenvalue weighted by Gasteiger charge is -2.38. The number of rotatable bonds is 11. The molecule has 2 amide bonds. The summed E-state index contributed by atoms with van der Waals surface area (Å²) in [5, 5.41) is 12.3. The molecule has 0 radical (unpaired) electrons. The Morgan fingerprint density at radius 2 is 1.61 bits per heavy atom. The standard InChI is InChI=1S/C42H54N4O4S/c1-26(2)20-27-6-10-29(11-7-27)30-14-16-31(17-15-30)33-22-43-38(44-23-33)32-12-8-28(9-13-32)21-35(40(48)46-24-34(25-46)41(49)50)45-39(47)36-18-19-37(51-36)42(3,4)5/h8-9,12-13,16,18-19,22-23,26-27,29-30,34-35H,6-7,10-11,14-15,17,20-21,24-25H2,1-5H3,(H,45,47)(H,49,50)/t27?,29?,30?,35-/m0/s1. The maximum absolute atomic E-state index is 13.5. The highest BCUT2D eigenvalue weighted by Gasteiger charge is 2.39. The molecule has 2 atom stereocenters. The first kappa shape index (κ1) is 36.9. The van der Waals surface area contributed by atoms with Gasteiger partial charge in [-0.3, -0.25) is 14.4 Å². The van der Waals surface area contributed by atoms with Crippen LogP contribution in [0.5, 0.6) is 0 Å². The van der Waals surface area contributed by atoms with Crippen molar-refractivity contribution in [2.45, 2.75) is 104 Å².